The molecule has 0 saturated heterocycles. The van der Waals surface area contributed by atoms with E-state index in [4.69, 9.17) is 0 Å². The fraction of sp³-hybridized carbons (Fsp3) is 0.667. The molecule has 0 saturated carbocycles. The number of benzene rings is 1. The van der Waals surface area contributed by atoms with Gasteiger partial charge in [0, 0.05) is 11.9 Å². The van der Waals surface area contributed by atoms with Crippen LogP contribution in [0, 0.1) is 6.92 Å². The smallest absolute Gasteiger partial charge is 0.0233 e. The molecule has 1 aromatic rings. The number of hydrogen-bond donors (Lipinski definition) is 0. The summed E-state index contributed by atoms with van der Waals surface area (Å²) in [5.74, 6) is 0. The van der Waals surface area contributed by atoms with Gasteiger partial charge in [0.2, 0.25) is 0 Å². The van der Waals surface area contributed by atoms with Gasteiger partial charge in [-0.15, -0.1) is 0 Å². The van der Waals surface area contributed by atoms with E-state index in [9.17, 15) is 0 Å². The van der Waals surface area contributed by atoms with Gasteiger partial charge in [0.25, 0.3) is 0 Å². The van der Waals surface area contributed by atoms with Crippen LogP contribution in [0.3, 0.4) is 0 Å². The Kier molecular flexibility index (Phi) is 10.0. The van der Waals surface area contributed by atoms with Crippen LogP contribution >= 0.6 is 15.9 Å². The van der Waals surface area contributed by atoms with Crippen LogP contribution in [0.15, 0.2) is 24.3 Å². The molecule has 0 unspecified atom stereocenters. The van der Waals surface area contributed by atoms with E-state index in [0.29, 0.717) is 0 Å². The molecular weight excluding hydrogens is 310 g/mol. The maximum absolute atomic E-state index is 3.49. The second-order valence-corrected chi connectivity index (χ2v) is 6.62. The SMILES string of the molecule is Cc1ccccc1CN(C)CCCCCCCCCBr. The molecule has 0 spiro atoms. The zero-order chi connectivity index (χ0) is 14.6. The van der Waals surface area contributed by atoms with Crippen molar-refractivity contribution in [3.05, 3.63) is 35.4 Å². The largest absolute Gasteiger partial charge is 0.302 e. The Morgan fingerprint density at radius 3 is 2.15 bits per heavy atom. The first-order valence-electron chi connectivity index (χ1n) is 8.03. The minimum atomic E-state index is 1.08. The molecule has 2 heteroatoms. The Balaban J connectivity index is 2.03. The van der Waals surface area contributed by atoms with Crippen LogP contribution in [0.2, 0.25) is 0 Å². The number of aryl methyl sites for hydroxylation is 1. The molecular formula is C18H30BrN. The van der Waals surface area contributed by atoms with E-state index in [2.05, 4.69) is 59.1 Å². The van der Waals surface area contributed by atoms with E-state index in [0.717, 1.165) is 11.9 Å². The van der Waals surface area contributed by atoms with E-state index >= 15 is 0 Å². The zero-order valence-electron chi connectivity index (χ0n) is 13.2. The van der Waals surface area contributed by atoms with Crippen molar-refractivity contribution in [2.75, 3.05) is 18.9 Å². The van der Waals surface area contributed by atoms with Crippen molar-refractivity contribution < 1.29 is 0 Å². The third-order valence-corrected chi connectivity index (χ3v) is 4.44. The van der Waals surface area contributed by atoms with E-state index in [1.54, 1.807) is 0 Å². The summed E-state index contributed by atoms with van der Waals surface area (Å²) in [5, 5.41) is 1.16. The first kappa shape index (κ1) is 17.7. The van der Waals surface area contributed by atoms with Crippen molar-refractivity contribution in [3.63, 3.8) is 0 Å². The predicted octanol–water partition coefficient (Wildman–Crippen LogP) is 5.55. The molecule has 0 amide bonds. The average Bonchev–Trinajstić information content (AvgIpc) is 2.44. The summed E-state index contributed by atoms with van der Waals surface area (Å²) in [6, 6.07) is 8.71. The van der Waals surface area contributed by atoms with Crippen LogP contribution in [-0.4, -0.2) is 23.8 Å². The van der Waals surface area contributed by atoms with Gasteiger partial charge in [0.05, 0.1) is 0 Å². The fourth-order valence-electron chi connectivity index (χ4n) is 2.52. The van der Waals surface area contributed by atoms with Crippen LogP contribution in [0.25, 0.3) is 0 Å². The van der Waals surface area contributed by atoms with Crippen molar-refractivity contribution in [1.82, 2.24) is 4.90 Å². The van der Waals surface area contributed by atoms with Crippen LogP contribution in [0.4, 0.5) is 0 Å². The van der Waals surface area contributed by atoms with Crippen LogP contribution in [0.1, 0.15) is 56.1 Å². The third-order valence-electron chi connectivity index (χ3n) is 3.87. The molecule has 0 aliphatic carbocycles. The maximum atomic E-state index is 3.49. The molecule has 1 aromatic carbocycles. The van der Waals surface area contributed by atoms with E-state index in [1.807, 2.05) is 0 Å². The highest BCUT2D eigenvalue weighted by Crippen LogP contribution is 2.11. The first-order chi connectivity index (χ1) is 9.74. The van der Waals surface area contributed by atoms with Gasteiger partial charge in [-0.05, 0) is 44.5 Å². The van der Waals surface area contributed by atoms with Gasteiger partial charge in [-0.25, -0.2) is 0 Å². The topological polar surface area (TPSA) is 3.24 Å². The summed E-state index contributed by atoms with van der Waals surface area (Å²) < 4.78 is 0. The zero-order valence-corrected chi connectivity index (χ0v) is 14.8. The van der Waals surface area contributed by atoms with Crippen LogP contribution < -0.4 is 0 Å². The lowest BCUT2D eigenvalue weighted by Crippen LogP contribution is -2.19. The third kappa shape index (κ3) is 8.06. The lowest BCUT2D eigenvalue weighted by molar-refractivity contribution is 0.316. The van der Waals surface area contributed by atoms with E-state index in [-0.39, 0.29) is 0 Å². The molecule has 0 aliphatic heterocycles. The second kappa shape index (κ2) is 11.3. The van der Waals surface area contributed by atoms with Crippen LogP contribution in [0.5, 0.6) is 0 Å². The minimum absolute atomic E-state index is 1.08. The standard InChI is InChI=1S/C18H30BrN/c1-17-12-8-9-13-18(17)16-20(2)15-11-7-5-3-4-6-10-14-19/h8-9,12-13H,3-7,10-11,14-16H2,1-2H3. The predicted molar refractivity (Wildman–Crippen MR) is 93.6 cm³/mol. The quantitative estimate of drug-likeness (QED) is 0.377. The molecule has 20 heavy (non-hydrogen) atoms. The molecule has 0 radical (unpaired) electrons. The van der Waals surface area contributed by atoms with Crippen molar-refractivity contribution >= 4 is 15.9 Å². The Morgan fingerprint density at radius 2 is 1.50 bits per heavy atom. The van der Waals surface area contributed by atoms with Gasteiger partial charge in [0.1, 0.15) is 0 Å². The van der Waals surface area contributed by atoms with Gasteiger partial charge in [-0.3, -0.25) is 0 Å². The minimum Gasteiger partial charge on any atom is -0.302 e. The summed E-state index contributed by atoms with van der Waals surface area (Å²) in [6.07, 6.45) is 9.66. The Hall–Kier alpha value is -0.340. The summed E-state index contributed by atoms with van der Waals surface area (Å²) >= 11 is 3.49. The molecule has 0 aliphatic rings. The van der Waals surface area contributed by atoms with E-state index in [1.165, 1.54) is 62.6 Å². The number of alkyl halides is 1. The van der Waals surface area contributed by atoms with Crippen LogP contribution in [-0.2, 0) is 6.54 Å². The molecule has 0 N–H and O–H groups in total. The lowest BCUT2D eigenvalue weighted by atomic mass is 10.1. The number of hydrogen-bond acceptors (Lipinski definition) is 1. The van der Waals surface area contributed by atoms with Crippen molar-refractivity contribution in [1.29, 1.82) is 0 Å². The molecule has 114 valence electrons. The monoisotopic (exact) mass is 339 g/mol. The van der Waals surface area contributed by atoms with Gasteiger partial charge < -0.3 is 4.90 Å². The summed E-state index contributed by atoms with van der Waals surface area (Å²) in [4.78, 5) is 2.45. The number of halogens is 1. The molecule has 1 rings (SSSR count). The van der Waals surface area contributed by atoms with E-state index < -0.39 is 0 Å². The summed E-state index contributed by atoms with van der Waals surface area (Å²) in [6.45, 7) is 4.50. The average molecular weight is 340 g/mol. The van der Waals surface area contributed by atoms with Gasteiger partial charge in [-0.2, -0.15) is 0 Å². The molecule has 0 atom stereocenters. The molecule has 0 aromatic heterocycles. The molecule has 0 fully saturated rings. The highest BCUT2D eigenvalue weighted by molar-refractivity contribution is 9.09. The molecule has 0 bridgehead atoms. The highest BCUT2D eigenvalue weighted by Gasteiger charge is 2.02. The van der Waals surface area contributed by atoms with Crippen molar-refractivity contribution in [2.24, 2.45) is 0 Å². The Labute approximate surface area is 133 Å². The van der Waals surface area contributed by atoms with Gasteiger partial charge in [-0.1, -0.05) is 72.3 Å². The highest BCUT2D eigenvalue weighted by atomic mass is 79.9. The lowest BCUT2D eigenvalue weighted by Gasteiger charge is -2.17. The fourth-order valence-corrected chi connectivity index (χ4v) is 2.91. The van der Waals surface area contributed by atoms with Crippen molar-refractivity contribution in [2.45, 2.75) is 58.4 Å². The number of unbranched alkanes of at least 4 members (excludes halogenated alkanes) is 6. The second-order valence-electron chi connectivity index (χ2n) is 5.83. The Bertz CT molecular complexity index is 351. The van der Waals surface area contributed by atoms with Gasteiger partial charge >= 0.3 is 0 Å². The summed E-state index contributed by atoms with van der Waals surface area (Å²) in [5.41, 5.74) is 2.87. The Morgan fingerprint density at radius 1 is 0.900 bits per heavy atom. The first-order valence-corrected chi connectivity index (χ1v) is 9.15. The molecule has 1 nitrogen and oxygen atoms in total. The normalized spacial score (nSPS) is 11.2. The maximum Gasteiger partial charge on any atom is 0.0233 e. The van der Waals surface area contributed by atoms with Crippen molar-refractivity contribution in [3.8, 4) is 0 Å². The number of rotatable bonds is 11. The summed E-state index contributed by atoms with van der Waals surface area (Å²) in [7, 11) is 2.24. The molecule has 0 heterocycles. The number of nitrogens with zero attached hydrogens (tertiary/aromatic N) is 1. The van der Waals surface area contributed by atoms with Gasteiger partial charge in [0.15, 0.2) is 0 Å².